The molecular formula is C10H13ClIN. The lowest BCUT2D eigenvalue weighted by atomic mass is 10.1. The molecule has 1 unspecified atom stereocenters. The molecule has 0 fully saturated rings. The highest BCUT2D eigenvalue weighted by Crippen LogP contribution is 2.31. The van der Waals surface area contributed by atoms with E-state index in [0.29, 0.717) is 9.84 Å². The summed E-state index contributed by atoms with van der Waals surface area (Å²) in [6.07, 6.45) is 0. The Morgan fingerprint density at radius 2 is 2.00 bits per heavy atom. The molecule has 0 aliphatic rings. The van der Waals surface area contributed by atoms with Crippen molar-refractivity contribution in [3.05, 3.63) is 28.5 Å². The number of alkyl halides is 1. The van der Waals surface area contributed by atoms with Gasteiger partial charge in [0.1, 0.15) is 0 Å². The maximum absolute atomic E-state index is 5.96. The SMILES string of the molecule is Cc1cc(Cl)cc(C(I)C(C)C)n1. The largest absolute Gasteiger partial charge is 0.257 e. The van der Waals surface area contributed by atoms with Gasteiger partial charge in [-0.15, -0.1) is 0 Å². The maximum Gasteiger partial charge on any atom is 0.0555 e. The molecule has 0 saturated heterocycles. The zero-order valence-electron chi connectivity index (χ0n) is 8.01. The topological polar surface area (TPSA) is 12.9 Å². The highest BCUT2D eigenvalue weighted by atomic mass is 127. The normalized spacial score (nSPS) is 13.4. The van der Waals surface area contributed by atoms with Gasteiger partial charge in [0.2, 0.25) is 0 Å². The van der Waals surface area contributed by atoms with Crippen LogP contribution in [0.4, 0.5) is 0 Å². The van der Waals surface area contributed by atoms with Crippen molar-refractivity contribution in [2.75, 3.05) is 0 Å². The van der Waals surface area contributed by atoms with Crippen LogP contribution in [-0.4, -0.2) is 4.98 Å². The van der Waals surface area contributed by atoms with Crippen LogP contribution in [0, 0.1) is 12.8 Å². The number of aromatic nitrogens is 1. The molecule has 1 rings (SSSR count). The lowest BCUT2D eigenvalue weighted by molar-refractivity contribution is 0.638. The number of rotatable bonds is 2. The molecule has 0 aliphatic carbocycles. The minimum Gasteiger partial charge on any atom is -0.257 e. The Kier molecular flexibility index (Phi) is 3.98. The minimum atomic E-state index is 0.440. The highest BCUT2D eigenvalue weighted by Gasteiger charge is 2.13. The van der Waals surface area contributed by atoms with E-state index < -0.39 is 0 Å². The molecule has 0 bridgehead atoms. The standard InChI is InChI=1S/C10H13ClIN/c1-6(2)10(12)9-5-8(11)4-7(3)13-9/h4-6,10H,1-3H3. The Morgan fingerprint density at radius 1 is 1.38 bits per heavy atom. The molecule has 0 aromatic carbocycles. The second kappa shape index (κ2) is 4.60. The fourth-order valence-corrected chi connectivity index (χ4v) is 1.72. The number of hydrogen-bond acceptors (Lipinski definition) is 1. The third-order valence-corrected chi connectivity index (χ3v) is 4.10. The van der Waals surface area contributed by atoms with Crippen LogP contribution in [0.5, 0.6) is 0 Å². The minimum absolute atomic E-state index is 0.440. The summed E-state index contributed by atoms with van der Waals surface area (Å²) in [6, 6.07) is 3.83. The Hall–Kier alpha value is 0.170. The van der Waals surface area contributed by atoms with E-state index in [1.54, 1.807) is 0 Å². The molecule has 1 aromatic heterocycles. The molecule has 0 radical (unpaired) electrons. The number of aryl methyl sites for hydroxylation is 1. The Labute approximate surface area is 98.0 Å². The van der Waals surface area contributed by atoms with Gasteiger partial charge >= 0.3 is 0 Å². The predicted molar refractivity (Wildman–Crippen MR) is 65.6 cm³/mol. The van der Waals surface area contributed by atoms with Crippen LogP contribution in [-0.2, 0) is 0 Å². The number of halogens is 2. The summed E-state index contributed by atoms with van der Waals surface area (Å²) in [5.74, 6) is 0.589. The fourth-order valence-electron chi connectivity index (χ4n) is 1.13. The molecule has 1 heterocycles. The van der Waals surface area contributed by atoms with Crippen molar-refractivity contribution >= 4 is 34.2 Å². The molecule has 13 heavy (non-hydrogen) atoms. The molecule has 0 spiro atoms. The van der Waals surface area contributed by atoms with E-state index in [2.05, 4.69) is 41.4 Å². The van der Waals surface area contributed by atoms with Gasteiger partial charge in [0.25, 0.3) is 0 Å². The molecule has 0 N–H and O–H groups in total. The van der Waals surface area contributed by atoms with Crippen molar-refractivity contribution in [3.8, 4) is 0 Å². The van der Waals surface area contributed by atoms with E-state index in [1.807, 2.05) is 19.1 Å². The maximum atomic E-state index is 5.96. The quantitative estimate of drug-likeness (QED) is 0.590. The molecule has 0 aliphatic heterocycles. The van der Waals surface area contributed by atoms with Gasteiger partial charge in [0.05, 0.1) is 9.62 Å². The van der Waals surface area contributed by atoms with Gasteiger partial charge < -0.3 is 0 Å². The Morgan fingerprint density at radius 3 is 2.46 bits per heavy atom. The molecule has 1 nitrogen and oxygen atoms in total. The summed E-state index contributed by atoms with van der Waals surface area (Å²) in [6.45, 7) is 6.35. The number of pyridine rings is 1. The first-order valence-electron chi connectivity index (χ1n) is 4.29. The summed E-state index contributed by atoms with van der Waals surface area (Å²) in [5, 5.41) is 0.782. The van der Waals surface area contributed by atoms with Gasteiger partial charge in [-0.05, 0) is 25.0 Å². The van der Waals surface area contributed by atoms with Crippen LogP contribution < -0.4 is 0 Å². The first-order chi connectivity index (χ1) is 6.00. The molecule has 0 amide bonds. The lowest BCUT2D eigenvalue weighted by Crippen LogP contribution is -2.02. The van der Waals surface area contributed by atoms with Gasteiger partial charge in [-0.3, -0.25) is 4.98 Å². The zero-order chi connectivity index (χ0) is 10.0. The summed E-state index contributed by atoms with van der Waals surface area (Å²) < 4.78 is 0.440. The van der Waals surface area contributed by atoms with Crippen LogP contribution in [0.15, 0.2) is 12.1 Å². The summed E-state index contributed by atoms with van der Waals surface area (Å²) in [5.41, 5.74) is 2.07. The molecular weight excluding hydrogens is 296 g/mol. The monoisotopic (exact) mass is 309 g/mol. The average molecular weight is 310 g/mol. The molecule has 72 valence electrons. The average Bonchev–Trinajstić information content (AvgIpc) is 2.01. The van der Waals surface area contributed by atoms with Gasteiger partial charge in [-0.1, -0.05) is 48.0 Å². The second-order valence-corrected chi connectivity index (χ2v) is 5.28. The number of nitrogens with zero attached hydrogens (tertiary/aromatic N) is 1. The molecule has 0 saturated carbocycles. The highest BCUT2D eigenvalue weighted by molar-refractivity contribution is 14.1. The van der Waals surface area contributed by atoms with Crippen molar-refractivity contribution in [2.24, 2.45) is 5.92 Å². The van der Waals surface area contributed by atoms with Crippen molar-refractivity contribution in [2.45, 2.75) is 24.7 Å². The third kappa shape index (κ3) is 3.09. The molecule has 1 aromatic rings. The van der Waals surface area contributed by atoms with Crippen molar-refractivity contribution < 1.29 is 0 Å². The Balaban J connectivity index is 3.01. The van der Waals surface area contributed by atoms with Crippen LogP contribution in [0.3, 0.4) is 0 Å². The van der Waals surface area contributed by atoms with Crippen LogP contribution >= 0.6 is 34.2 Å². The summed E-state index contributed by atoms with van der Waals surface area (Å²) in [7, 11) is 0. The fraction of sp³-hybridized carbons (Fsp3) is 0.500. The molecule has 1 atom stereocenters. The number of hydrogen-bond donors (Lipinski definition) is 0. The van der Waals surface area contributed by atoms with E-state index >= 15 is 0 Å². The van der Waals surface area contributed by atoms with Crippen molar-refractivity contribution in [1.29, 1.82) is 0 Å². The summed E-state index contributed by atoms with van der Waals surface area (Å²) in [4.78, 5) is 4.46. The predicted octanol–water partition coefficient (Wildman–Crippen LogP) is 4.18. The van der Waals surface area contributed by atoms with E-state index in [1.165, 1.54) is 0 Å². The van der Waals surface area contributed by atoms with Crippen LogP contribution in [0.2, 0.25) is 5.02 Å². The summed E-state index contributed by atoms with van der Waals surface area (Å²) >= 11 is 8.37. The van der Waals surface area contributed by atoms with E-state index in [-0.39, 0.29) is 0 Å². The Bertz CT molecular complexity index is 279. The second-order valence-electron chi connectivity index (χ2n) is 3.50. The zero-order valence-corrected chi connectivity index (χ0v) is 10.9. The lowest BCUT2D eigenvalue weighted by Gasteiger charge is -2.13. The smallest absolute Gasteiger partial charge is 0.0555 e. The van der Waals surface area contributed by atoms with E-state index in [4.69, 9.17) is 11.6 Å². The van der Waals surface area contributed by atoms with Crippen LogP contribution in [0.25, 0.3) is 0 Å². The van der Waals surface area contributed by atoms with Gasteiger partial charge in [-0.2, -0.15) is 0 Å². The van der Waals surface area contributed by atoms with Gasteiger partial charge in [0, 0.05) is 10.7 Å². The van der Waals surface area contributed by atoms with Crippen LogP contribution in [0.1, 0.15) is 29.2 Å². The third-order valence-electron chi connectivity index (χ3n) is 1.81. The van der Waals surface area contributed by atoms with E-state index in [0.717, 1.165) is 16.4 Å². The molecule has 3 heteroatoms. The van der Waals surface area contributed by atoms with Crippen molar-refractivity contribution in [1.82, 2.24) is 4.98 Å². The van der Waals surface area contributed by atoms with Crippen molar-refractivity contribution in [3.63, 3.8) is 0 Å². The van der Waals surface area contributed by atoms with Gasteiger partial charge in [-0.25, -0.2) is 0 Å². The first-order valence-corrected chi connectivity index (χ1v) is 5.91. The van der Waals surface area contributed by atoms with E-state index in [9.17, 15) is 0 Å². The van der Waals surface area contributed by atoms with Gasteiger partial charge in [0.15, 0.2) is 0 Å². The first kappa shape index (κ1) is 11.2.